The molecule has 418 valence electrons. The zero-order valence-corrected chi connectivity index (χ0v) is 35.3. The Kier molecular flexibility index (Phi) is 20.7. The van der Waals surface area contributed by atoms with Crippen molar-refractivity contribution < 1.29 is 220 Å². The molecule has 3 unspecified atom stereocenters. The van der Waals surface area contributed by atoms with Crippen molar-refractivity contribution in [2.75, 3.05) is 39.6 Å². The third-order valence-electron chi connectivity index (χ3n) is 8.64. The summed E-state index contributed by atoms with van der Waals surface area (Å²) >= 11 is 0. The van der Waals surface area contributed by atoms with E-state index in [1.807, 2.05) is 0 Å². The molecule has 0 N–H and O–H groups in total. The van der Waals surface area contributed by atoms with Crippen molar-refractivity contribution in [3.8, 4) is 0 Å². The predicted octanol–water partition coefficient (Wildman–Crippen LogP) is 6.84. The third kappa shape index (κ3) is 11.9. The molecule has 0 bridgehead atoms. The van der Waals surface area contributed by atoms with Crippen LogP contribution in [0, 0.1) is 10.8 Å². The Labute approximate surface area is 388 Å². The first-order chi connectivity index (χ1) is 30.1. The molecule has 0 saturated carbocycles. The van der Waals surface area contributed by atoms with Crippen LogP contribution >= 0.6 is 0 Å². The number of carbonyl (C=O) groups excluding carboxylic acids is 2. The molecule has 0 aliphatic heterocycles. The molecule has 9 nitrogen and oxygen atoms in total. The van der Waals surface area contributed by atoms with E-state index in [9.17, 15) is 172 Å². The van der Waals surface area contributed by atoms with Crippen molar-refractivity contribution in [3.63, 3.8) is 0 Å². The van der Waals surface area contributed by atoms with E-state index < -0.39 is 169 Å². The second-order valence-corrected chi connectivity index (χ2v) is 14.6. The zero-order valence-electron chi connectivity index (χ0n) is 32.5. The Morgan fingerprint density at radius 1 is 0.394 bits per heavy atom. The molecule has 0 aromatic rings. The van der Waals surface area contributed by atoms with Gasteiger partial charge in [-0.25, -0.2) is 34.8 Å². The van der Waals surface area contributed by atoms with Crippen molar-refractivity contribution in [2.45, 2.75) is 96.1 Å². The van der Waals surface area contributed by atoms with Crippen LogP contribution in [0.4, 0.5) is 149 Å². The molecule has 0 aromatic heterocycles. The average Bonchev–Trinajstić information content (AvgIpc) is 3.03. The quantitative estimate of drug-likeness (QED) is 0.0424. The van der Waals surface area contributed by atoms with Crippen LogP contribution in [0.15, 0.2) is 0 Å². The molecule has 0 radical (unpaired) electrons. The second kappa shape index (κ2) is 20.8. The van der Waals surface area contributed by atoms with Crippen molar-refractivity contribution in [1.29, 1.82) is 0 Å². The molecule has 0 aliphatic rings. The SMILES string of the molecule is O=C(CC(C(=O)OCCOCC(F)(F)C(F)(C(F)(F)F)C(F)(F)C(C(F)(F)F)(C(F)(F)F)C(F)(F)F)S(=O)(=O)[O-])OCCOCC(F)(F)C(F)(C(F)(F)F)C(F)(F)C(C(F)(F)F)(C(F)(F)F)C(F)(F)F.[Na+]. The molecule has 0 rings (SSSR count). The monoisotopic (exact) mass is 1170 g/mol. The van der Waals surface area contributed by atoms with Gasteiger partial charge in [0, 0.05) is 0 Å². The first-order valence-corrected chi connectivity index (χ1v) is 17.4. The van der Waals surface area contributed by atoms with Gasteiger partial charge in [-0.2, -0.15) is 123 Å². The van der Waals surface area contributed by atoms with Gasteiger partial charge >= 0.3 is 137 Å². The number of alkyl halides is 34. The standard InChI is InChI=1S/C26H16F34O9S.Na/c27-11(28,15(31,25(55,56)57)17(33,34)13(19(37,38)39,20(40,41)42)21(43,44)45)6-66-1-3-68-9(61)5-8(70(63,64)65)10(62)69-4-2-67-7-12(29,30)16(32,26(58,59)60)18(35,36)14(22(46,47)48,23(49,50)51)24(52,53)54;/h8H,1-7H2,(H,63,64,65);/q;+1/p-1. The first kappa shape index (κ1) is 70.5. The van der Waals surface area contributed by atoms with Gasteiger partial charge in [-0.1, -0.05) is 0 Å². The van der Waals surface area contributed by atoms with Crippen LogP contribution in [-0.4, -0.2) is 154 Å². The topological polar surface area (TPSA) is 128 Å². The largest absolute Gasteiger partial charge is 1.00 e. The van der Waals surface area contributed by atoms with Crippen molar-refractivity contribution in [3.05, 3.63) is 0 Å². The van der Waals surface area contributed by atoms with E-state index in [0.29, 0.717) is 0 Å². The summed E-state index contributed by atoms with van der Waals surface area (Å²) in [7, 11) is -6.48. The second-order valence-electron chi connectivity index (χ2n) is 13.0. The molecular formula is C26H15F34NaO9S. The van der Waals surface area contributed by atoms with Gasteiger partial charge in [-0.15, -0.1) is 0 Å². The summed E-state index contributed by atoms with van der Waals surface area (Å²) in [5, 5.41) is -3.69. The molecule has 0 aromatic carbocycles. The van der Waals surface area contributed by atoms with Crippen LogP contribution in [0.1, 0.15) is 6.42 Å². The summed E-state index contributed by atoms with van der Waals surface area (Å²) < 4.78 is 509. The average molecular weight is 1170 g/mol. The minimum atomic E-state index is -9.42. The van der Waals surface area contributed by atoms with Crippen LogP contribution in [0.25, 0.3) is 0 Å². The van der Waals surface area contributed by atoms with Gasteiger partial charge in [0.2, 0.25) is 0 Å². The van der Waals surface area contributed by atoms with Crippen molar-refractivity contribution in [2.24, 2.45) is 10.8 Å². The number of halogens is 34. The Morgan fingerprint density at radius 2 is 0.634 bits per heavy atom. The Balaban J connectivity index is 0. The molecule has 0 saturated heterocycles. The van der Waals surface area contributed by atoms with Gasteiger partial charge < -0.3 is 23.5 Å². The number of ether oxygens (including phenoxy) is 4. The predicted molar refractivity (Wildman–Crippen MR) is 142 cm³/mol. The molecule has 45 heteroatoms. The number of rotatable bonds is 20. The summed E-state index contributed by atoms with van der Waals surface area (Å²) in [5.41, 5.74) is -36.4. The number of esters is 2. The van der Waals surface area contributed by atoms with Crippen LogP contribution in [-0.2, 0) is 38.7 Å². The van der Waals surface area contributed by atoms with Gasteiger partial charge in [-0.3, -0.25) is 9.59 Å². The zero-order chi connectivity index (χ0) is 57.0. The smallest absolute Gasteiger partial charge is 0.747 e. The van der Waals surface area contributed by atoms with Gasteiger partial charge in [-0.05, 0) is 0 Å². The molecule has 0 fully saturated rings. The summed E-state index contributed by atoms with van der Waals surface area (Å²) in [5.74, 6) is -39.6. The van der Waals surface area contributed by atoms with Gasteiger partial charge in [0.25, 0.3) is 0 Å². The molecule has 0 aliphatic carbocycles. The molecule has 0 amide bonds. The summed E-state index contributed by atoms with van der Waals surface area (Å²) in [6.45, 7) is -16.8. The van der Waals surface area contributed by atoms with Crippen molar-refractivity contribution >= 4 is 22.1 Å². The molecule has 0 spiro atoms. The maximum absolute atomic E-state index is 14.7. The number of hydrogen-bond acceptors (Lipinski definition) is 9. The van der Waals surface area contributed by atoms with E-state index >= 15 is 0 Å². The molecule has 0 heterocycles. The summed E-state index contributed by atoms with van der Waals surface area (Å²) in [6.07, 6.45) is -72.7. The van der Waals surface area contributed by atoms with Crippen LogP contribution in [0.2, 0.25) is 0 Å². The summed E-state index contributed by atoms with van der Waals surface area (Å²) in [6, 6.07) is 0. The third-order valence-corrected chi connectivity index (χ3v) is 9.70. The number of carbonyl (C=O) groups is 2. The maximum atomic E-state index is 14.7. The van der Waals surface area contributed by atoms with Crippen LogP contribution in [0.3, 0.4) is 0 Å². The van der Waals surface area contributed by atoms with Gasteiger partial charge in [0.05, 0.1) is 19.6 Å². The molecular weight excluding hydrogens is 1160 g/mol. The molecule has 71 heavy (non-hydrogen) atoms. The summed E-state index contributed by atoms with van der Waals surface area (Å²) in [4.78, 5) is 23.8. The van der Waals surface area contributed by atoms with Crippen LogP contribution in [0.5, 0.6) is 0 Å². The fourth-order valence-corrected chi connectivity index (χ4v) is 6.04. The van der Waals surface area contributed by atoms with Gasteiger partial charge in [0.15, 0.2) is 5.25 Å². The van der Waals surface area contributed by atoms with E-state index in [0.717, 1.165) is 0 Å². The van der Waals surface area contributed by atoms with E-state index in [4.69, 9.17) is 0 Å². The van der Waals surface area contributed by atoms with E-state index in [1.165, 1.54) is 0 Å². The van der Waals surface area contributed by atoms with E-state index in [2.05, 4.69) is 18.9 Å². The normalized spacial score (nSPS) is 17.5. The maximum Gasteiger partial charge on any atom is 1.00 e. The van der Waals surface area contributed by atoms with Gasteiger partial charge in [0.1, 0.15) is 36.5 Å². The Bertz CT molecular complexity index is 1860. The van der Waals surface area contributed by atoms with Crippen molar-refractivity contribution in [1.82, 2.24) is 0 Å². The minimum absolute atomic E-state index is 0. The fourth-order valence-electron chi connectivity index (χ4n) is 5.40. The fraction of sp³-hybridized carbons (Fsp3) is 0.923. The van der Waals surface area contributed by atoms with E-state index in [1.54, 1.807) is 0 Å². The van der Waals surface area contributed by atoms with Crippen LogP contribution < -0.4 is 29.6 Å². The van der Waals surface area contributed by atoms with E-state index in [-0.39, 0.29) is 29.6 Å². The Hall–Kier alpha value is -2.61. The first-order valence-electron chi connectivity index (χ1n) is 16.0. The molecule has 3 atom stereocenters. The number of hydrogen-bond donors (Lipinski definition) is 0. The Morgan fingerprint density at radius 3 is 0.845 bits per heavy atom. The minimum Gasteiger partial charge on any atom is -0.747 e.